The molecule has 1 fully saturated rings. The summed E-state index contributed by atoms with van der Waals surface area (Å²) in [5.74, 6) is 4.62. The second kappa shape index (κ2) is 6.86. The molecular weight excluding hydrogens is 240 g/mol. The van der Waals surface area contributed by atoms with E-state index in [1.54, 1.807) is 0 Å². The Morgan fingerprint density at radius 2 is 1.78 bits per heavy atom. The maximum absolute atomic E-state index is 5.41. The molecule has 0 nitrogen and oxygen atoms in total. The van der Waals surface area contributed by atoms with Crippen molar-refractivity contribution < 1.29 is 0 Å². The average molecular weight is 261 g/mol. The van der Waals surface area contributed by atoms with Crippen LogP contribution in [0.3, 0.4) is 0 Å². The molecule has 1 aromatic rings. The molecule has 0 N–H and O–H groups in total. The van der Waals surface area contributed by atoms with Crippen LogP contribution in [0.15, 0.2) is 24.3 Å². The molecule has 96 valence electrons. The van der Waals surface area contributed by atoms with E-state index in [1.807, 2.05) is 0 Å². The van der Waals surface area contributed by atoms with Crippen molar-refractivity contribution in [3.8, 4) is 11.3 Å². The van der Waals surface area contributed by atoms with Gasteiger partial charge in [-0.2, -0.15) is 0 Å². The molecule has 1 aromatic carbocycles. The molecule has 0 atom stereocenters. The third-order valence-electron chi connectivity index (χ3n) is 4.12. The summed E-state index contributed by atoms with van der Waals surface area (Å²) in [6, 6.07) is 8.62. The van der Waals surface area contributed by atoms with Gasteiger partial charge in [-0.3, -0.25) is 0 Å². The second-order valence-electron chi connectivity index (χ2n) is 5.35. The minimum atomic E-state index is 0.760. The zero-order valence-corrected chi connectivity index (χ0v) is 11.8. The molecule has 0 spiro atoms. The zero-order valence-electron chi connectivity index (χ0n) is 11.1. The minimum Gasteiger partial charge on any atom is -0.0654 e. The Morgan fingerprint density at radius 3 is 2.33 bits per heavy atom. The molecule has 1 saturated carbocycles. The van der Waals surface area contributed by atoms with E-state index in [0.717, 1.165) is 17.4 Å². The van der Waals surface area contributed by atoms with Gasteiger partial charge in [-0.05, 0) is 72.7 Å². The topological polar surface area (TPSA) is 0 Å². The van der Waals surface area contributed by atoms with Gasteiger partial charge in [-0.25, -0.2) is 0 Å². The summed E-state index contributed by atoms with van der Waals surface area (Å²) in [5.41, 5.74) is 2.48. The number of halogens is 1. The van der Waals surface area contributed by atoms with Gasteiger partial charge < -0.3 is 0 Å². The van der Waals surface area contributed by atoms with Crippen LogP contribution in [0.1, 0.15) is 62.5 Å². The largest absolute Gasteiger partial charge is 0.0654 e. The molecule has 0 saturated heterocycles. The highest BCUT2D eigenvalue weighted by molar-refractivity contribution is 6.30. The minimum absolute atomic E-state index is 0.760. The fourth-order valence-corrected chi connectivity index (χ4v) is 3.19. The summed E-state index contributed by atoms with van der Waals surface area (Å²) >= 11 is 5.41. The summed E-state index contributed by atoms with van der Waals surface area (Å²) in [7, 11) is 0. The van der Waals surface area contributed by atoms with Crippen molar-refractivity contribution in [3.05, 3.63) is 35.4 Å². The van der Waals surface area contributed by atoms with Crippen LogP contribution in [-0.2, 0) is 0 Å². The van der Waals surface area contributed by atoms with Gasteiger partial charge in [0, 0.05) is 10.9 Å². The average Bonchev–Trinajstić information content (AvgIpc) is 2.41. The van der Waals surface area contributed by atoms with E-state index in [-0.39, 0.29) is 0 Å². The maximum Gasteiger partial charge on any atom is 0.0258 e. The standard InChI is InChI=1S/C17H21Cl/c1-2-3-14-4-8-16(9-5-14)17-10-6-15(7-11-17)12-13-18/h6-7,10-11,14,16H,2-5,8-9H2,1H3/t14-,16-. The van der Waals surface area contributed by atoms with Crippen LogP contribution in [0, 0.1) is 17.2 Å². The fraction of sp³-hybridized carbons (Fsp3) is 0.529. The smallest absolute Gasteiger partial charge is 0.0258 e. The Balaban J connectivity index is 1.94. The van der Waals surface area contributed by atoms with Gasteiger partial charge in [-0.1, -0.05) is 31.9 Å². The van der Waals surface area contributed by atoms with Gasteiger partial charge in [0.15, 0.2) is 0 Å². The zero-order chi connectivity index (χ0) is 12.8. The molecule has 0 amide bonds. The predicted molar refractivity (Wildman–Crippen MR) is 78.8 cm³/mol. The summed E-state index contributed by atoms with van der Waals surface area (Å²) < 4.78 is 0. The van der Waals surface area contributed by atoms with Crippen molar-refractivity contribution in [2.75, 3.05) is 0 Å². The highest BCUT2D eigenvalue weighted by Gasteiger charge is 2.21. The molecule has 0 unspecified atom stereocenters. The third-order valence-corrected chi connectivity index (χ3v) is 4.21. The van der Waals surface area contributed by atoms with E-state index in [1.165, 1.54) is 44.1 Å². The third kappa shape index (κ3) is 3.53. The van der Waals surface area contributed by atoms with Crippen molar-refractivity contribution >= 4 is 11.6 Å². The van der Waals surface area contributed by atoms with Crippen LogP contribution in [0.2, 0.25) is 0 Å². The van der Waals surface area contributed by atoms with Crippen LogP contribution in [0.25, 0.3) is 0 Å². The van der Waals surface area contributed by atoms with E-state index in [2.05, 4.69) is 42.5 Å². The normalized spacial score (nSPS) is 23.2. The van der Waals surface area contributed by atoms with Crippen LogP contribution in [-0.4, -0.2) is 0 Å². The van der Waals surface area contributed by atoms with Gasteiger partial charge in [-0.15, -0.1) is 0 Å². The maximum atomic E-state index is 5.41. The van der Waals surface area contributed by atoms with E-state index < -0.39 is 0 Å². The molecular formula is C17H21Cl. The number of hydrogen-bond acceptors (Lipinski definition) is 0. The Bertz CT molecular complexity index is 413. The Morgan fingerprint density at radius 1 is 1.11 bits per heavy atom. The monoisotopic (exact) mass is 260 g/mol. The van der Waals surface area contributed by atoms with Gasteiger partial charge in [0.2, 0.25) is 0 Å². The first kappa shape index (κ1) is 13.5. The van der Waals surface area contributed by atoms with Crippen molar-refractivity contribution in [1.29, 1.82) is 0 Å². The summed E-state index contributed by atoms with van der Waals surface area (Å²) in [6.07, 6.45) is 8.26. The second-order valence-corrected chi connectivity index (χ2v) is 5.54. The molecule has 1 heteroatoms. The molecule has 0 bridgehead atoms. The lowest BCUT2D eigenvalue weighted by atomic mass is 9.77. The van der Waals surface area contributed by atoms with Gasteiger partial charge in [0.05, 0.1) is 0 Å². The molecule has 18 heavy (non-hydrogen) atoms. The van der Waals surface area contributed by atoms with Crippen LogP contribution in [0.5, 0.6) is 0 Å². The van der Waals surface area contributed by atoms with Crippen LogP contribution in [0.4, 0.5) is 0 Å². The first-order valence-corrected chi connectivity index (χ1v) is 7.43. The lowest BCUT2D eigenvalue weighted by Crippen LogP contribution is -2.13. The Kier molecular flexibility index (Phi) is 5.14. The lowest BCUT2D eigenvalue weighted by molar-refractivity contribution is 0.308. The molecule has 0 aliphatic heterocycles. The summed E-state index contributed by atoms with van der Waals surface area (Å²) in [6.45, 7) is 2.29. The molecule has 0 heterocycles. The van der Waals surface area contributed by atoms with Gasteiger partial charge >= 0.3 is 0 Å². The van der Waals surface area contributed by atoms with Crippen molar-refractivity contribution in [2.45, 2.75) is 51.4 Å². The lowest BCUT2D eigenvalue weighted by Gasteiger charge is -2.28. The van der Waals surface area contributed by atoms with E-state index in [9.17, 15) is 0 Å². The van der Waals surface area contributed by atoms with E-state index >= 15 is 0 Å². The van der Waals surface area contributed by atoms with Crippen LogP contribution >= 0.6 is 11.6 Å². The molecule has 2 rings (SSSR count). The predicted octanol–water partition coefficient (Wildman–Crippen LogP) is 5.31. The van der Waals surface area contributed by atoms with E-state index in [4.69, 9.17) is 11.6 Å². The highest BCUT2D eigenvalue weighted by Crippen LogP contribution is 2.37. The van der Waals surface area contributed by atoms with Gasteiger partial charge in [0.25, 0.3) is 0 Å². The highest BCUT2D eigenvalue weighted by atomic mass is 35.5. The van der Waals surface area contributed by atoms with E-state index in [0.29, 0.717) is 0 Å². The fourth-order valence-electron chi connectivity index (χ4n) is 3.09. The van der Waals surface area contributed by atoms with Crippen molar-refractivity contribution in [2.24, 2.45) is 5.92 Å². The Labute approximate surface area is 116 Å². The molecule has 1 aliphatic rings. The summed E-state index contributed by atoms with van der Waals surface area (Å²) in [5, 5.41) is 2.43. The number of rotatable bonds is 3. The van der Waals surface area contributed by atoms with Gasteiger partial charge in [0.1, 0.15) is 0 Å². The van der Waals surface area contributed by atoms with Crippen molar-refractivity contribution in [3.63, 3.8) is 0 Å². The summed E-state index contributed by atoms with van der Waals surface area (Å²) in [4.78, 5) is 0. The molecule has 0 aromatic heterocycles. The van der Waals surface area contributed by atoms with Crippen LogP contribution < -0.4 is 0 Å². The molecule has 1 aliphatic carbocycles. The quantitative estimate of drug-likeness (QED) is 0.646. The molecule has 0 radical (unpaired) electrons. The number of hydrogen-bond donors (Lipinski definition) is 0. The first-order chi connectivity index (χ1) is 8.83. The number of benzene rings is 1. The Hall–Kier alpha value is -0.930. The SMILES string of the molecule is CCC[C@H]1CC[C@H](c2ccc(C#CCl)cc2)CC1. The van der Waals surface area contributed by atoms with Crippen molar-refractivity contribution in [1.82, 2.24) is 0 Å². The first-order valence-electron chi connectivity index (χ1n) is 7.05.